The molecule has 0 saturated heterocycles. The molecule has 1 amide bonds. The van der Waals surface area contributed by atoms with E-state index in [9.17, 15) is 4.79 Å². The molecule has 7 heteroatoms. The van der Waals surface area contributed by atoms with E-state index in [1.165, 1.54) is 0 Å². The Morgan fingerprint density at radius 1 is 1.00 bits per heavy atom. The van der Waals surface area contributed by atoms with Crippen LogP contribution in [0.15, 0.2) is 61.2 Å². The fraction of sp³-hybridized carbons (Fsp3) is 0.136. The van der Waals surface area contributed by atoms with Gasteiger partial charge in [0.1, 0.15) is 5.75 Å². The Bertz CT molecular complexity index is 1180. The maximum Gasteiger partial charge on any atom is 0.254 e. The summed E-state index contributed by atoms with van der Waals surface area (Å²) in [5.41, 5.74) is 3.40. The summed E-state index contributed by atoms with van der Waals surface area (Å²) in [6.45, 7) is 0. The predicted molar refractivity (Wildman–Crippen MR) is 111 cm³/mol. The maximum absolute atomic E-state index is 12.8. The van der Waals surface area contributed by atoms with Crippen LogP contribution in [0.4, 0.5) is 0 Å². The molecule has 0 unspecified atom stereocenters. The summed E-state index contributed by atoms with van der Waals surface area (Å²) in [5, 5.41) is 0.765. The molecular formula is C22H19N5O2. The number of carbonyl (C=O) groups is 1. The Morgan fingerprint density at radius 3 is 2.45 bits per heavy atom. The van der Waals surface area contributed by atoms with Gasteiger partial charge in [-0.3, -0.25) is 9.78 Å². The molecule has 144 valence electrons. The van der Waals surface area contributed by atoms with Gasteiger partial charge in [0.15, 0.2) is 5.82 Å². The molecule has 29 heavy (non-hydrogen) atoms. The average Bonchev–Trinajstić information content (AvgIpc) is 2.78. The van der Waals surface area contributed by atoms with Gasteiger partial charge in [-0.05, 0) is 30.3 Å². The predicted octanol–water partition coefficient (Wildman–Crippen LogP) is 3.46. The number of methoxy groups -OCH3 is 1. The number of ether oxygens (including phenoxy) is 1. The second kappa shape index (κ2) is 7.63. The first kappa shape index (κ1) is 18.5. The molecule has 7 nitrogen and oxygen atoms in total. The molecule has 0 fully saturated rings. The zero-order valence-electron chi connectivity index (χ0n) is 16.3. The Kier molecular flexibility index (Phi) is 4.87. The molecule has 0 atom stereocenters. The van der Waals surface area contributed by atoms with E-state index in [0.29, 0.717) is 28.3 Å². The molecule has 0 bridgehead atoms. The summed E-state index contributed by atoms with van der Waals surface area (Å²) in [5.74, 6) is 1.15. The fourth-order valence-corrected chi connectivity index (χ4v) is 3.01. The van der Waals surface area contributed by atoms with Crippen molar-refractivity contribution in [2.24, 2.45) is 0 Å². The molecule has 3 heterocycles. The van der Waals surface area contributed by atoms with Gasteiger partial charge in [-0.2, -0.15) is 0 Å². The lowest BCUT2D eigenvalue weighted by atomic mass is 10.0. The van der Waals surface area contributed by atoms with Gasteiger partial charge in [-0.1, -0.05) is 0 Å². The SMILES string of the molecule is COc1ccc2c(C(=O)N(C)C)cc(-c3cnc(-c4cccnc4)nc3)nc2c1. The standard InChI is InChI=1S/C22H19N5O2/c1-27(2)22(28)18-10-19(26-20-9-16(29-3)6-7-17(18)20)15-12-24-21(25-13-15)14-5-4-8-23-11-14/h4-13H,1-3H3. The zero-order chi connectivity index (χ0) is 20.4. The molecule has 0 aliphatic carbocycles. The van der Waals surface area contributed by atoms with Crippen molar-refractivity contribution in [1.29, 1.82) is 0 Å². The van der Waals surface area contributed by atoms with Crippen molar-refractivity contribution in [3.63, 3.8) is 0 Å². The Balaban J connectivity index is 1.83. The minimum atomic E-state index is -0.100. The number of benzene rings is 1. The van der Waals surface area contributed by atoms with Crippen molar-refractivity contribution in [2.75, 3.05) is 21.2 Å². The summed E-state index contributed by atoms with van der Waals surface area (Å²) >= 11 is 0. The summed E-state index contributed by atoms with van der Waals surface area (Å²) in [6.07, 6.45) is 6.82. The van der Waals surface area contributed by atoms with E-state index in [4.69, 9.17) is 9.72 Å². The molecule has 0 radical (unpaired) electrons. The van der Waals surface area contributed by atoms with E-state index in [1.807, 2.05) is 30.3 Å². The molecule has 0 saturated carbocycles. The van der Waals surface area contributed by atoms with Crippen LogP contribution in [-0.4, -0.2) is 51.9 Å². The number of amides is 1. The van der Waals surface area contributed by atoms with E-state index < -0.39 is 0 Å². The van der Waals surface area contributed by atoms with Crippen LogP contribution in [0.2, 0.25) is 0 Å². The topological polar surface area (TPSA) is 81.1 Å². The van der Waals surface area contributed by atoms with Crippen LogP contribution in [-0.2, 0) is 0 Å². The largest absolute Gasteiger partial charge is 0.497 e. The van der Waals surface area contributed by atoms with Gasteiger partial charge in [-0.25, -0.2) is 15.0 Å². The highest BCUT2D eigenvalue weighted by Gasteiger charge is 2.16. The molecule has 4 rings (SSSR count). The smallest absolute Gasteiger partial charge is 0.254 e. The molecule has 0 aliphatic heterocycles. The number of fused-ring (bicyclic) bond motifs is 1. The minimum absolute atomic E-state index is 0.100. The first-order valence-corrected chi connectivity index (χ1v) is 9.00. The second-order valence-corrected chi connectivity index (χ2v) is 6.67. The highest BCUT2D eigenvalue weighted by Crippen LogP contribution is 2.28. The third kappa shape index (κ3) is 3.62. The van der Waals surface area contributed by atoms with Crippen molar-refractivity contribution in [3.8, 4) is 28.4 Å². The van der Waals surface area contributed by atoms with Gasteiger partial charge < -0.3 is 9.64 Å². The van der Waals surface area contributed by atoms with Crippen LogP contribution in [0.1, 0.15) is 10.4 Å². The van der Waals surface area contributed by atoms with E-state index in [0.717, 1.165) is 16.5 Å². The molecule has 4 aromatic rings. The molecule has 0 N–H and O–H groups in total. The summed E-state index contributed by atoms with van der Waals surface area (Å²) in [6, 6.07) is 11.0. The molecule has 0 aliphatic rings. The van der Waals surface area contributed by atoms with Gasteiger partial charge in [0.25, 0.3) is 5.91 Å². The van der Waals surface area contributed by atoms with Gasteiger partial charge in [0.2, 0.25) is 0 Å². The summed E-state index contributed by atoms with van der Waals surface area (Å²) in [4.78, 5) is 32.0. The number of hydrogen-bond acceptors (Lipinski definition) is 6. The Morgan fingerprint density at radius 2 is 1.79 bits per heavy atom. The van der Waals surface area contributed by atoms with Crippen molar-refractivity contribution in [2.45, 2.75) is 0 Å². The monoisotopic (exact) mass is 385 g/mol. The van der Waals surface area contributed by atoms with E-state index >= 15 is 0 Å². The van der Waals surface area contributed by atoms with E-state index in [2.05, 4.69) is 15.0 Å². The van der Waals surface area contributed by atoms with Gasteiger partial charge in [-0.15, -0.1) is 0 Å². The fourth-order valence-electron chi connectivity index (χ4n) is 3.01. The molecular weight excluding hydrogens is 366 g/mol. The zero-order valence-corrected chi connectivity index (χ0v) is 16.3. The lowest BCUT2D eigenvalue weighted by Crippen LogP contribution is -2.22. The molecule has 1 aromatic carbocycles. The van der Waals surface area contributed by atoms with Crippen LogP contribution >= 0.6 is 0 Å². The highest BCUT2D eigenvalue weighted by atomic mass is 16.5. The lowest BCUT2D eigenvalue weighted by Gasteiger charge is -2.14. The maximum atomic E-state index is 12.8. The molecule has 0 spiro atoms. The number of pyridine rings is 2. The van der Waals surface area contributed by atoms with Crippen LogP contribution in [0, 0.1) is 0 Å². The lowest BCUT2D eigenvalue weighted by molar-refractivity contribution is 0.0829. The number of carbonyl (C=O) groups excluding carboxylic acids is 1. The van der Waals surface area contributed by atoms with Crippen LogP contribution in [0.3, 0.4) is 0 Å². The van der Waals surface area contributed by atoms with E-state index in [-0.39, 0.29) is 5.91 Å². The van der Waals surface area contributed by atoms with Crippen LogP contribution in [0.25, 0.3) is 33.5 Å². The first-order chi connectivity index (χ1) is 14.1. The quantitative estimate of drug-likeness (QED) is 0.535. The molecule has 3 aromatic heterocycles. The minimum Gasteiger partial charge on any atom is -0.497 e. The Labute approximate surface area is 168 Å². The van der Waals surface area contributed by atoms with Crippen molar-refractivity contribution >= 4 is 16.8 Å². The summed E-state index contributed by atoms with van der Waals surface area (Å²) < 4.78 is 5.31. The van der Waals surface area contributed by atoms with Crippen LogP contribution in [0.5, 0.6) is 5.75 Å². The average molecular weight is 385 g/mol. The first-order valence-electron chi connectivity index (χ1n) is 9.00. The van der Waals surface area contributed by atoms with Crippen molar-refractivity contribution in [3.05, 3.63) is 66.7 Å². The van der Waals surface area contributed by atoms with Crippen molar-refractivity contribution in [1.82, 2.24) is 24.8 Å². The van der Waals surface area contributed by atoms with E-state index in [1.54, 1.807) is 57.0 Å². The van der Waals surface area contributed by atoms with Gasteiger partial charge >= 0.3 is 0 Å². The Hall–Kier alpha value is -3.87. The summed E-state index contributed by atoms with van der Waals surface area (Å²) in [7, 11) is 5.05. The highest BCUT2D eigenvalue weighted by molar-refractivity contribution is 6.07. The van der Waals surface area contributed by atoms with Crippen molar-refractivity contribution < 1.29 is 9.53 Å². The normalized spacial score (nSPS) is 10.7. The van der Waals surface area contributed by atoms with Gasteiger partial charge in [0, 0.05) is 61.5 Å². The van der Waals surface area contributed by atoms with Crippen LogP contribution < -0.4 is 4.74 Å². The third-order valence-electron chi connectivity index (χ3n) is 4.52. The number of rotatable bonds is 4. The number of aromatic nitrogens is 4. The number of nitrogens with zero attached hydrogens (tertiary/aromatic N) is 5. The third-order valence-corrected chi connectivity index (χ3v) is 4.52. The number of hydrogen-bond donors (Lipinski definition) is 0. The second-order valence-electron chi connectivity index (χ2n) is 6.67. The van der Waals surface area contributed by atoms with Gasteiger partial charge in [0.05, 0.1) is 23.9 Å².